The van der Waals surface area contributed by atoms with Crippen molar-refractivity contribution in [1.82, 2.24) is 5.32 Å². The molecule has 0 aromatic heterocycles. The van der Waals surface area contributed by atoms with Crippen LogP contribution in [0, 0.1) is 5.92 Å². The Labute approximate surface area is 205 Å². The second-order valence-electron chi connectivity index (χ2n) is 8.16. The molecule has 0 heterocycles. The maximum Gasteiger partial charge on any atom is 0.170 e. The molecule has 2 rings (SSSR count). The highest BCUT2D eigenvalue weighted by Gasteiger charge is 2.12. The van der Waals surface area contributed by atoms with Gasteiger partial charge in [0.1, 0.15) is 0 Å². The molecule has 0 atom stereocenters. The van der Waals surface area contributed by atoms with E-state index in [1.54, 1.807) is 32.4 Å². The predicted molar refractivity (Wildman–Crippen MR) is 138 cm³/mol. The summed E-state index contributed by atoms with van der Waals surface area (Å²) >= 11 is 0. The van der Waals surface area contributed by atoms with Crippen molar-refractivity contribution in [2.45, 2.75) is 41.2 Å². The van der Waals surface area contributed by atoms with Gasteiger partial charge in [-0.1, -0.05) is 26.8 Å². The van der Waals surface area contributed by atoms with E-state index in [9.17, 15) is 8.42 Å². The van der Waals surface area contributed by atoms with Gasteiger partial charge < -0.3 is 24.3 Å². The van der Waals surface area contributed by atoms with Crippen LogP contribution in [0.15, 0.2) is 41.8 Å². The zero-order valence-electron chi connectivity index (χ0n) is 21.6. The van der Waals surface area contributed by atoms with E-state index in [1.807, 2.05) is 32.0 Å². The Morgan fingerprint density at radius 2 is 1.38 bits per heavy atom. The number of benzene rings is 2. The SMILES string of the molecule is CC(C)C.CCOc1cc(CN/C(=C\S(C)(=O)=O)c2ccc(OC)c(OCC)c2)ccc1OC. The first-order valence-corrected chi connectivity index (χ1v) is 13.3. The molecule has 0 radical (unpaired) electrons. The van der Waals surface area contributed by atoms with Gasteiger partial charge in [0.2, 0.25) is 0 Å². The number of hydrogen-bond acceptors (Lipinski definition) is 7. The summed E-state index contributed by atoms with van der Waals surface area (Å²) in [6.07, 6.45) is 1.15. The third-order valence-corrected chi connectivity index (χ3v) is 4.78. The maximum absolute atomic E-state index is 12.0. The molecule has 8 heteroatoms. The Balaban J connectivity index is 0.00000133. The first-order valence-electron chi connectivity index (χ1n) is 11.3. The van der Waals surface area contributed by atoms with E-state index in [4.69, 9.17) is 18.9 Å². The van der Waals surface area contributed by atoms with Crippen LogP contribution >= 0.6 is 0 Å². The molecule has 0 spiro atoms. The van der Waals surface area contributed by atoms with Crippen molar-refractivity contribution < 1.29 is 27.4 Å². The normalized spacial score (nSPS) is 11.4. The number of hydrogen-bond donors (Lipinski definition) is 1. The van der Waals surface area contributed by atoms with Gasteiger partial charge in [-0.25, -0.2) is 8.42 Å². The summed E-state index contributed by atoms with van der Waals surface area (Å²) in [6.45, 7) is 11.6. The van der Waals surface area contributed by atoms with Crippen LogP contribution in [-0.2, 0) is 16.4 Å². The minimum absolute atomic E-state index is 0.390. The van der Waals surface area contributed by atoms with Gasteiger partial charge in [-0.15, -0.1) is 0 Å². The lowest BCUT2D eigenvalue weighted by molar-refractivity contribution is 0.310. The molecule has 0 saturated carbocycles. The zero-order valence-corrected chi connectivity index (χ0v) is 22.4. The van der Waals surface area contributed by atoms with Gasteiger partial charge in [0.15, 0.2) is 32.8 Å². The minimum Gasteiger partial charge on any atom is -0.493 e. The van der Waals surface area contributed by atoms with Crippen LogP contribution < -0.4 is 24.3 Å². The Morgan fingerprint density at radius 3 is 1.85 bits per heavy atom. The molecule has 0 bridgehead atoms. The highest BCUT2D eigenvalue weighted by Crippen LogP contribution is 2.31. The number of rotatable bonds is 11. The molecule has 0 aliphatic carbocycles. The van der Waals surface area contributed by atoms with E-state index >= 15 is 0 Å². The minimum atomic E-state index is -3.39. The fraction of sp³-hybridized carbons (Fsp3) is 0.462. The van der Waals surface area contributed by atoms with Crippen LogP contribution in [0.3, 0.4) is 0 Å². The third-order valence-electron chi connectivity index (χ3n) is 4.12. The summed E-state index contributed by atoms with van der Waals surface area (Å²) in [7, 11) is -0.242. The van der Waals surface area contributed by atoms with E-state index < -0.39 is 9.84 Å². The fourth-order valence-electron chi connectivity index (χ4n) is 2.84. The molecule has 0 aliphatic rings. The van der Waals surface area contributed by atoms with E-state index in [-0.39, 0.29) is 0 Å². The summed E-state index contributed by atoms with van der Waals surface area (Å²) in [5.74, 6) is 3.23. The van der Waals surface area contributed by atoms with Gasteiger partial charge in [0.05, 0.1) is 38.5 Å². The molecule has 34 heavy (non-hydrogen) atoms. The number of ether oxygens (including phenoxy) is 4. The molecule has 1 N–H and O–H groups in total. The van der Waals surface area contributed by atoms with Crippen molar-refractivity contribution in [3.05, 3.63) is 52.9 Å². The summed E-state index contributed by atoms with van der Waals surface area (Å²) in [5, 5.41) is 4.42. The highest BCUT2D eigenvalue weighted by molar-refractivity contribution is 7.93. The van der Waals surface area contributed by atoms with Crippen molar-refractivity contribution in [3.63, 3.8) is 0 Å². The van der Waals surface area contributed by atoms with Gasteiger partial charge in [-0.3, -0.25) is 0 Å². The van der Waals surface area contributed by atoms with E-state index in [1.165, 1.54) is 5.41 Å². The second-order valence-corrected chi connectivity index (χ2v) is 10.1. The maximum atomic E-state index is 12.0. The second kappa shape index (κ2) is 14.4. The number of sulfone groups is 1. The lowest BCUT2D eigenvalue weighted by Gasteiger charge is -2.16. The summed E-state index contributed by atoms with van der Waals surface area (Å²) in [5.41, 5.74) is 2.04. The highest BCUT2D eigenvalue weighted by atomic mass is 32.2. The lowest BCUT2D eigenvalue weighted by Crippen LogP contribution is -2.14. The Bertz CT molecular complexity index is 1030. The molecule has 7 nitrogen and oxygen atoms in total. The molecule has 2 aromatic rings. The van der Waals surface area contributed by atoms with E-state index in [2.05, 4.69) is 26.1 Å². The average molecular weight is 494 g/mol. The largest absolute Gasteiger partial charge is 0.493 e. The fourth-order valence-corrected chi connectivity index (χ4v) is 3.48. The Morgan fingerprint density at radius 1 is 0.882 bits per heavy atom. The molecular formula is C26H39NO6S. The standard InChI is InChI=1S/C22H29NO6S.C4H10/c1-6-28-21-12-16(8-10-19(21)26-3)14-23-18(15-30(5,24)25)17-9-11-20(27-4)22(13-17)29-7-2;1-4(2)3/h8-13,15,23H,6-7,14H2,1-5H3;4H,1-3H3/b18-15-;. The zero-order chi connectivity index (χ0) is 25.7. The quantitative estimate of drug-likeness (QED) is 0.455. The topological polar surface area (TPSA) is 83.1 Å². The lowest BCUT2D eigenvalue weighted by atomic mass is 10.1. The van der Waals surface area contributed by atoms with Crippen molar-refractivity contribution in [2.75, 3.05) is 33.7 Å². The molecule has 0 saturated heterocycles. The first kappa shape index (κ1) is 29.2. The molecule has 2 aromatic carbocycles. The molecule has 0 amide bonds. The van der Waals surface area contributed by atoms with Crippen LogP contribution in [0.1, 0.15) is 45.7 Å². The predicted octanol–water partition coefficient (Wildman–Crippen LogP) is 5.30. The molecule has 0 aliphatic heterocycles. The summed E-state index contributed by atoms with van der Waals surface area (Å²) in [4.78, 5) is 0. The first-order chi connectivity index (χ1) is 16.0. The molecule has 0 fully saturated rings. The van der Waals surface area contributed by atoms with E-state index in [0.717, 1.165) is 17.7 Å². The van der Waals surface area contributed by atoms with Crippen LogP contribution in [0.5, 0.6) is 23.0 Å². The van der Waals surface area contributed by atoms with Gasteiger partial charge in [0, 0.05) is 18.4 Å². The van der Waals surface area contributed by atoms with E-state index in [0.29, 0.717) is 54.0 Å². The van der Waals surface area contributed by atoms with Crippen molar-refractivity contribution in [2.24, 2.45) is 5.92 Å². The monoisotopic (exact) mass is 493 g/mol. The summed E-state index contributed by atoms with van der Waals surface area (Å²) < 4.78 is 45.8. The average Bonchev–Trinajstić information content (AvgIpc) is 2.76. The van der Waals surface area contributed by atoms with Crippen LogP contribution in [0.4, 0.5) is 0 Å². The van der Waals surface area contributed by atoms with Gasteiger partial charge in [-0.05, 0) is 55.7 Å². The van der Waals surface area contributed by atoms with Gasteiger partial charge in [-0.2, -0.15) is 0 Å². The molecular weight excluding hydrogens is 454 g/mol. The Hall–Kier alpha value is -2.87. The van der Waals surface area contributed by atoms with Gasteiger partial charge >= 0.3 is 0 Å². The van der Waals surface area contributed by atoms with Crippen LogP contribution in [0.2, 0.25) is 0 Å². The van der Waals surface area contributed by atoms with Crippen molar-refractivity contribution in [1.29, 1.82) is 0 Å². The number of nitrogens with one attached hydrogen (secondary N) is 1. The third kappa shape index (κ3) is 10.4. The molecule has 0 unspecified atom stereocenters. The van der Waals surface area contributed by atoms with Crippen molar-refractivity contribution in [3.8, 4) is 23.0 Å². The number of methoxy groups -OCH3 is 2. The van der Waals surface area contributed by atoms with Crippen LogP contribution in [-0.4, -0.2) is 42.1 Å². The smallest absolute Gasteiger partial charge is 0.170 e. The Kier molecular flexibility index (Phi) is 12.4. The van der Waals surface area contributed by atoms with Gasteiger partial charge in [0.25, 0.3) is 0 Å². The van der Waals surface area contributed by atoms with Crippen LogP contribution in [0.25, 0.3) is 5.70 Å². The van der Waals surface area contributed by atoms with Crippen molar-refractivity contribution >= 4 is 15.5 Å². The summed E-state index contributed by atoms with van der Waals surface area (Å²) in [6, 6.07) is 10.9. The molecule has 190 valence electrons.